The Labute approximate surface area is 144 Å². The third kappa shape index (κ3) is 5.19. The van der Waals surface area contributed by atoms with Crippen molar-refractivity contribution in [3.8, 4) is 0 Å². The minimum Gasteiger partial charge on any atom is -0.351 e. The average molecular weight is 350 g/mol. The molecule has 2 aromatic carbocycles. The van der Waals surface area contributed by atoms with E-state index in [1.165, 1.54) is 0 Å². The summed E-state index contributed by atoms with van der Waals surface area (Å²) in [6, 6.07) is 15.1. The summed E-state index contributed by atoms with van der Waals surface area (Å²) in [4.78, 5) is 12.2. The van der Waals surface area contributed by atoms with Gasteiger partial charge in [-0.25, -0.2) is 0 Å². The van der Waals surface area contributed by atoms with Crippen molar-refractivity contribution < 1.29 is 9.00 Å². The van der Waals surface area contributed by atoms with Crippen molar-refractivity contribution >= 4 is 28.3 Å². The molecule has 0 aliphatic heterocycles. The molecule has 0 spiro atoms. The normalized spacial score (nSPS) is 13.3. The van der Waals surface area contributed by atoms with Crippen LogP contribution in [0, 0.1) is 6.92 Å². The van der Waals surface area contributed by atoms with Gasteiger partial charge in [-0.2, -0.15) is 0 Å². The first-order valence-electron chi connectivity index (χ1n) is 7.41. The van der Waals surface area contributed by atoms with Crippen LogP contribution in [0.25, 0.3) is 0 Å². The highest BCUT2D eigenvalue weighted by Gasteiger charge is 2.20. The van der Waals surface area contributed by atoms with Crippen LogP contribution in [-0.2, 0) is 27.9 Å². The van der Waals surface area contributed by atoms with E-state index in [2.05, 4.69) is 5.32 Å². The molecular formula is C18H20ClNO2S. The Kier molecular flexibility index (Phi) is 6.37. The zero-order chi connectivity index (χ0) is 16.8. The van der Waals surface area contributed by atoms with Crippen molar-refractivity contribution in [3.05, 3.63) is 70.2 Å². The van der Waals surface area contributed by atoms with Gasteiger partial charge in [-0.1, -0.05) is 48.0 Å². The summed E-state index contributed by atoms with van der Waals surface area (Å²) in [6.07, 6.45) is 0. The molecular weight excluding hydrogens is 330 g/mol. The number of carbonyl (C=O) groups excluding carboxylic acids is 1. The van der Waals surface area contributed by atoms with Gasteiger partial charge in [0.1, 0.15) is 5.25 Å². The lowest BCUT2D eigenvalue weighted by Crippen LogP contribution is -2.35. The molecule has 23 heavy (non-hydrogen) atoms. The van der Waals surface area contributed by atoms with Crippen LogP contribution in [0.15, 0.2) is 48.5 Å². The second-order valence-electron chi connectivity index (χ2n) is 5.44. The highest BCUT2D eigenvalue weighted by atomic mass is 35.5. The molecule has 5 heteroatoms. The predicted octanol–water partition coefficient (Wildman–Crippen LogP) is 3.60. The van der Waals surface area contributed by atoms with E-state index in [1.54, 1.807) is 19.1 Å². The first-order chi connectivity index (χ1) is 11.0. The van der Waals surface area contributed by atoms with E-state index in [9.17, 15) is 9.00 Å². The Bertz CT molecular complexity index is 700. The number of amides is 1. The number of nitrogens with one attached hydrogen (secondary N) is 1. The summed E-state index contributed by atoms with van der Waals surface area (Å²) in [7, 11) is -1.27. The van der Waals surface area contributed by atoms with E-state index in [1.807, 2.05) is 43.3 Å². The van der Waals surface area contributed by atoms with Crippen molar-refractivity contribution in [1.29, 1.82) is 0 Å². The molecule has 0 fully saturated rings. The van der Waals surface area contributed by atoms with E-state index in [4.69, 9.17) is 11.6 Å². The summed E-state index contributed by atoms with van der Waals surface area (Å²) >= 11 is 5.83. The van der Waals surface area contributed by atoms with Gasteiger partial charge in [-0.3, -0.25) is 9.00 Å². The maximum Gasteiger partial charge on any atom is 0.235 e. The van der Waals surface area contributed by atoms with Crippen LogP contribution >= 0.6 is 11.6 Å². The standard InChI is InChI=1S/C18H20ClNO2S/c1-13-5-3-4-6-16(13)11-20-18(21)14(2)23(22)12-15-7-9-17(19)10-8-15/h3-10,14H,11-12H2,1-2H3,(H,20,21). The highest BCUT2D eigenvalue weighted by Crippen LogP contribution is 2.13. The zero-order valence-corrected chi connectivity index (χ0v) is 14.8. The molecule has 3 nitrogen and oxygen atoms in total. The SMILES string of the molecule is Cc1ccccc1CNC(=O)C(C)S(=O)Cc1ccc(Cl)cc1. The Hall–Kier alpha value is -1.65. The maximum absolute atomic E-state index is 12.3. The number of halogens is 1. The zero-order valence-electron chi connectivity index (χ0n) is 13.2. The summed E-state index contributed by atoms with van der Waals surface area (Å²) in [6.45, 7) is 4.15. The van der Waals surface area contributed by atoms with Gasteiger partial charge in [0.2, 0.25) is 5.91 Å². The number of hydrogen-bond acceptors (Lipinski definition) is 2. The summed E-state index contributed by atoms with van der Waals surface area (Å²) in [5, 5.41) is 2.94. The summed E-state index contributed by atoms with van der Waals surface area (Å²) in [5.41, 5.74) is 3.10. The van der Waals surface area contributed by atoms with Crippen LogP contribution in [-0.4, -0.2) is 15.4 Å². The monoisotopic (exact) mass is 349 g/mol. The Morgan fingerprint density at radius 2 is 1.83 bits per heavy atom. The average Bonchev–Trinajstić information content (AvgIpc) is 2.55. The molecule has 0 radical (unpaired) electrons. The lowest BCUT2D eigenvalue weighted by molar-refractivity contribution is -0.120. The highest BCUT2D eigenvalue weighted by molar-refractivity contribution is 7.85. The number of carbonyl (C=O) groups is 1. The van der Waals surface area contributed by atoms with Gasteiger partial charge in [-0.15, -0.1) is 0 Å². The second kappa shape index (κ2) is 8.27. The summed E-state index contributed by atoms with van der Waals surface area (Å²) < 4.78 is 12.3. The fraction of sp³-hybridized carbons (Fsp3) is 0.278. The quantitative estimate of drug-likeness (QED) is 0.866. The molecule has 0 aromatic heterocycles. The molecule has 0 aliphatic rings. The molecule has 122 valence electrons. The van der Waals surface area contributed by atoms with Crippen molar-refractivity contribution in [2.75, 3.05) is 0 Å². The molecule has 1 N–H and O–H groups in total. The molecule has 2 unspecified atom stereocenters. The molecule has 2 rings (SSSR count). The van der Waals surface area contributed by atoms with Crippen LogP contribution in [0.1, 0.15) is 23.6 Å². The second-order valence-corrected chi connectivity index (χ2v) is 7.63. The predicted molar refractivity (Wildman–Crippen MR) is 95.8 cm³/mol. The van der Waals surface area contributed by atoms with Gasteiger partial charge in [0.05, 0.1) is 0 Å². The van der Waals surface area contributed by atoms with E-state index < -0.39 is 16.0 Å². The molecule has 0 saturated carbocycles. The van der Waals surface area contributed by atoms with Crippen LogP contribution in [0.5, 0.6) is 0 Å². The molecule has 0 heterocycles. The first-order valence-corrected chi connectivity index (χ1v) is 9.17. The Balaban J connectivity index is 1.90. The topological polar surface area (TPSA) is 46.2 Å². The van der Waals surface area contributed by atoms with Gasteiger partial charge in [0.15, 0.2) is 0 Å². The van der Waals surface area contributed by atoms with Gasteiger partial charge < -0.3 is 5.32 Å². The molecule has 2 aromatic rings. The third-order valence-electron chi connectivity index (χ3n) is 3.70. The maximum atomic E-state index is 12.3. The lowest BCUT2D eigenvalue weighted by atomic mass is 10.1. The molecule has 0 saturated heterocycles. The molecule has 0 aliphatic carbocycles. The number of aryl methyl sites for hydroxylation is 1. The van der Waals surface area contributed by atoms with Crippen molar-refractivity contribution in [2.24, 2.45) is 0 Å². The van der Waals surface area contributed by atoms with Crippen LogP contribution in [0.4, 0.5) is 0 Å². The number of hydrogen-bond donors (Lipinski definition) is 1. The number of rotatable bonds is 6. The van der Waals surface area contributed by atoms with E-state index in [-0.39, 0.29) is 5.91 Å². The Morgan fingerprint density at radius 1 is 1.17 bits per heavy atom. The third-order valence-corrected chi connectivity index (χ3v) is 5.57. The minimum atomic E-state index is -1.27. The van der Waals surface area contributed by atoms with Crippen molar-refractivity contribution in [3.63, 3.8) is 0 Å². The molecule has 2 atom stereocenters. The van der Waals surface area contributed by atoms with E-state index in [0.717, 1.165) is 16.7 Å². The largest absolute Gasteiger partial charge is 0.351 e. The van der Waals surface area contributed by atoms with Gasteiger partial charge in [-0.05, 0) is 42.7 Å². The van der Waals surface area contributed by atoms with Crippen LogP contribution in [0.2, 0.25) is 5.02 Å². The fourth-order valence-corrected chi connectivity index (χ4v) is 3.34. The minimum absolute atomic E-state index is 0.194. The molecule has 1 amide bonds. The smallest absolute Gasteiger partial charge is 0.235 e. The van der Waals surface area contributed by atoms with Gasteiger partial charge >= 0.3 is 0 Å². The van der Waals surface area contributed by atoms with Crippen LogP contribution < -0.4 is 5.32 Å². The summed E-state index contributed by atoms with van der Waals surface area (Å²) in [5.74, 6) is 0.149. The van der Waals surface area contributed by atoms with Crippen molar-refractivity contribution in [2.45, 2.75) is 31.4 Å². The van der Waals surface area contributed by atoms with Crippen LogP contribution in [0.3, 0.4) is 0 Å². The molecule has 0 bridgehead atoms. The van der Waals surface area contributed by atoms with E-state index in [0.29, 0.717) is 17.3 Å². The first kappa shape index (κ1) is 17.7. The van der Waals surface area contributed by atoms with E-state index >= 15 is 0 Å². The number of benzene rings is 2. The van der Waals surface area contributed by atoms with Gasteiger partial charge in [0, 0.05) is 28.1 Å². The van der Waals surface area contributed by atoms with Crippen molar-refractivity contribution in [1.82, 2.24) is 5.32 Å². The fourth-order valence-electron chi connectivity index (χ4n) is 2.12. The lowest BCUT2D eigenvalue weighted by Gasteiger charge is -2.13. The Morgan fingerprint density at radius 3 is 2.48 bits per heavy atom. The van der Waals surface area contributed by atoms with Gasteiger partial charge in [0.25, 0.3) is 0 Å².